The van der Waals surface area contributed by atoms with Crippen LogP contribution in [0.1, 0.15) is 16.7 Å². The Kier molecular flexibility index (Phi) is 5.48. The van der Waals surface area contributed by atoms with Crippen molar-refractivity contribution in [1.29, 1.82) is 0 Å². The molecule has 0 radical (unpaired) electrons. The molecule has 2 heterocycles. The van der Waals surface area contributed by atoms with Crippen molar-refractivity contribution < 1.29 is 13.2 Å². The molecule has 5 nitrogen and oxygen atoms in total. The number of sulfone groups is 1. The zero-order chi connectivity index (χ0) is 20.8. The summed E-state index contributed by atoms with van der Waals surface area (Å²) in [7, 11) is -3.09. The van der Waals surface area contributed by atoms with Crippen molar-refractivity contribution in [3.63, 3.8) is 0 Å². The minimum absolute atomic E-state index is 0.0788. The van der Waals surface area contributed by atoms with Crippen LogP contribution in [0.4, 0.5) is 5.69 Å². The molecule has 2 atom stereocenters. The van der Waals surface area contributed by atoms with E-state index in [4.69, 9.17) is 11.6 Å². The molecule has 2 saturated heterocycles. The molecule has 2 aliphatic rings. The predicted molar refractivity (Wildman–Crippen MR) is 120 cm³/mol. The molecule has 0 unspecified atom stereocenters. The van der Waals surface area contributed by atoms with Crippen LogP contribution in [0, 0.1) is 13.8 Å². The van der Waals surface area contributed by atoms with Crippen molar-refractivity contribution in [2.75, 3.05) is 16.4 Å². The molecular weight excluding hydrogens is 428 g/mol. The van der Waals surface area contributed by atoms with Crippen molar-refractivity contribution in [2.24, 2.45) is 4.99 Å². The van der Waals surface area contributed by atoms with E-state index < -0.39 is 9.84 Å². The van der Waals surface area contributed by atoms with Crippen LogP contribution in [0.5, 0.6) is 0 Å². The van der Waals surface area contributed by atoms with Crippen LogP contribution in [-0.4, -0.2) is 42.3 Å². The van der Waals surface area contributed by atoms with Crippen LogP contribution < -0.4 is 4.90 Å². The number of hydrogen-bond donors (Lipinski definition) is 0. The Hall–Kier alpha value is -1.83. The first-order chi connectivity index (χ1) is 13.7. The van der Waals surface area contributed by atoms with Gasteiger partial charge in [-0.2, -0.15) is 4.99 Å². The largest absolute Gasteiger partial charge is 0.316 e. The van der Waals surface area contributed by atoms with Gasteiger partial charge in [0.1, 0.15) is 0 Å². The van der Waals surface area contributed by atoms with Gasteiger partial charge in [-0.1, -0.05) is 47.6 Å². The number of anilines is 1. The van der Waals surface area contributed by atoms with Crippen molar-refractivity contribution in [3.05, 3.63) is 64.2 Å². The smallest absolute Gasteiger partial charge is 0.252 e. The summed E-state index contributed by atoms with van der Waals surface area (Å²) in [5.74, 6) is -0.102. The second-order valence-electron chi connectivity index (χ2n) is 7.57. The van der Waals surface area contributed by atoms with Crippen LogP contribution >= 0.6 is 23.4 Å². The maximum Gasteiger partial charge on any atom is 0.252 e. The minimum atomic E-state index is -3.09. The molecule has 0 aliphatic carbocycles. The third-order valence-electron chi connectivity index (χ3n) is 5.07. The van der Waals surface area contributed by atoms with Crippen LogP contribution in [0.2, 0.25) is 5.02 Å². The fourth-order valence-electron chi connectivity index (χ4n) is 3.91. The third-order valence-corrected chi connectivity index (χ3v) is 8.65. The second kappa shape index (κ2) is 7.78. The van der Waals surface area contributed by atoms with E-state index in [0.29, 0.717) is 10.2 Å². The zero-order valence-electron chi connectivity index (χ0n) is 16.1. The Morgan fingerprint density at radius 3 is 2.55 bits per heavy atom. The summed E-state index contributed by atoms with van der Waals surface area (Å²) in [6.07, 6.45) is 0.109. The lowest BCUT2D eigenvalue weighted by atomic mass is 10.1. The number of amides is 1. The van der Waals surface area contributed by atoms with Crippen molar-refractivity contribution in [1.82, 2.24) is 0 Å². The predicted octanol–water partition coefficient (Wildman–Crippen LogP) is 3.80. The summed E-state index contributed by atoms with van der Waals surface area (Å²) in [6.45, 7) is 4.00. The number of amidine groups is 1. The van der Waals surface area contributed by atoms with Gasteiger partial charge in [0.2, 0.25) is 0 Å². The fourth-order valence-corrected chi connectivity index (χ4v) is 8.04. The number of halogens is 1. The summed E-state index contributed by atoms with van der Waals surface area (Å²) < 4.78 is 24.4. The Labute approximate surface area is 180 Å². The molecule has 0 saturated carbocycles. The van der Waals surface area contributed by atoms with E-state index in [2.05, 4.69) is 11.1 Å². The highest BCUT2D eigenvalue weighted by atomic mass is 35.5. The number of carbonyl (C=O) groups is 1. The molecule has 2 aromatic carbocycles. The van der Waals surface area contributed by atoms with Gasteiger partial charge in [0, 0.05) is 16.0 Å². The molecule has 0 aromatic heterocycles. The first-order valence-corrected chi connectivity index (χ1v) is 12.4. The summed E-state index contributed by atoms with van der Waals surface area (Å²) in [6, 6.07) is 13.1. The van der Waals surface area contributed by atoms with E-state index >= 15 is 0 Å². The number of rotatable bonds is 3. The van der Waals surface area contributed by atoms with Gasteiger partial charge in [0.25, 0.3) is 5.91 Å². The van der Waals surface area contributed by atoms with Crippen LogP contribution in [0.3, 0.4) is 0 Å². The summed E-state index contributed by atoms with van der Waals surface area (Å²) in [5, 5.41) is 0.985. The van der Waals surface area contributed by atoms with Crippen LogP contribution in [-0.2, 0) is 21.1 Å². The summed E-state index contributed by atoms with van der Waals surface area (Å²) in [5.41, 5.74) is 3.77. The van der Waals surface area contributed by atoms with E-state index in [1.165, 1.54) is 11.8 Å². The van der Waals surface area contributed by atoms with Crippen molar-refractivity contribution >= 4 is 50.0 Å². The lowest BCUT2D eigenvalue weighted by molar-refractivity contribution is -0.117. The van der Waals surface area contributed by atoms with E-state index in [9.17, 15) is 13.2 Å². The molecule has 8 heteroatoms. The number of hydrogen-bond acceptors (Lipinski definition) is 4. The number of nitrogens with zero attached hydrogens (tertiary/aromatic N) is 2. The van der Waals surface area contributed by atoms with E-state index in [1.807, 2.05) is 49.1 Å². The third kappa shape index (κ3) is 4.37. The van der Waals surface area contributed by atoms with Gasteiger partial charge >= 0.3 is 0 Å². The van der Waals surface area contributed by atoms with E-state index in [0.717, 1.165) is 22.4 Å². The average molecular weight is 449 g/mol. The molecule has 2 aliphatic heterocycles. The zero-order valence-corrected chi connectivity index (χ0v) is 18.5. The highest BCUT2D eigenvalue weighted by molar-refractivity contribution is 8.16. The lowest BCUT2D eigenvalue weighted by Crippen LogP contribution is -2.37. The van der Waals surface area contributed by atoms with Gasteiger partial charge in [-0.15, -0.1) is 0 Å². The number of carbonyl (C=O) groups excluding carboxylic acids is 1. The molecule has 0 spiro atoms. The second-order valence-corrected chi connectivity index (χ2v) is 11.3. The number of fused-ring (bicyclic) bond motifs is 1. The number of benzene rings is 2. The van der Waals surface area contributed by atoms with E-state index in [-0.39, 0.29) is 35.1 Å². The Morgan fingerprint density at radius 1 is 1.17 bits per heavy atom. The SMILES string of the molecule is Cc1cc(C)cc(N2C(=NC(=O)Cc3ccccc3Cl)S[C@H]3CS(=O)(=O)C[C@@H]32)c1. The molecule has 2 fully saturated rings. The maximum absolute atomic E-state index is 12.7. The van der Waals surface area contributed by atoms with Gasteiger partial charge in [-0.25, -0.2) is 8.42 Å². The molecule has 4 rings (SSSR count). The van der Waals surface area contributed by atoms with Gasteiger partial charge in [0.05, 0.1) is 24.0 Å². The van der Waals surface area contributed by atoms with Crippen molar-refractivity contribution in [3.8, 4) is 0 Å². The van der Waals surface area contributed by atoms with Gasteiger partial charge in [0.15, 0.2) is 15.0 Å². The molecule has 2 aromatic rings. The molecule has 0 bridgehead atoms. The van der Waals surface area contributed by atoms with Crippen molar-refractivity contribution in [2.45, 2.75) is 31.6 Å². The van der Waals surface area contributed by atoms with Gasteiger partial charge in [-0.3, -0.25) is 4.79 Å². The Morgan fingerprint density at radius 2 is 1.86 bits per heavy atom. The van der Waals surface area contributed by atoms with Gasteiger partial charge in [-0.05, 0) is 48.7 Å². The molecule has 1 amide bonds. The summed E-state index contributed by atoms with van der Waals surface area (Å²) in [4.78, 5) is 19.0. The normalized spacial score (nSPS) is 24.1. The van der Waals surface area contributed by atoms with Crippen LogP contribution in [0.25, 0.3) is 0 Å². The van der Waals surface area contributed by atoms with E-state index in [1.54, 1.807) is 6.07 Å². The highest BCUT2D eigenvalue weighted by Crippen LogP contribution is 2.41. The first kappa shape index (κ1) is 20.4. The monoisotopic (exact) mass is 448 g/mol. The number of thioether (sulfide) groups is 1. The summed E-state index contributed by atoms with van der Waals surface area (Å²) >= 11 is 7.55. The Bertz CT molecular complexity index is 1090. The number of aryl methyl sites for hydroxylation is 2. The molecule has 0 N–H and O–H groups in total. The lowest BCUT2D eigenvalue weighted by Gasteiger charge is -2.25. The van der Waals surface area contributed by atoms with Crippen LogP contribution in [0.15, 0.2) is 47.5 Å². The Balaban J connectivity index is 1.68. The standard InChI is InChI=1S/C21H21ClN2O3S2/c1-13-7-14(2)9-16(8-13)24-18-11-29(26,27)12-19(18)28-21(24)23-20(25)10-15-5-3-4-6-17(15)22/h3-9,18-19H,10-12H2,1-2H3/t18-,19-/m0/s1. The molecule has 29 heavy (non-hydrogen) atoms. The maximum atomic E-state index is 12.7. The average Bonchev–Trinajstić information content (AvgIpc) is 3.06. The van der Waals surface area contributed by atoms with Gasteiger partial charge < -0.3 is 4.90 Å². The molecule has 152 valence electrons. The molecular formula is C21H21ClN2O3S2. The highest BCUT2D eigenvalue weighted by Gasteiger charge is 2.49. The quantitative estimate of drug-likeness (QED) is 0.714. The topological polar surface area (TPSA) is 66.8 Å². The fraction of sp³-hybridized carbons (Fsp3) is 0.333. The first-order valence-electron chi connectivity index (χ1n) is 9.31. The minimum Gasteiger partial charge on any atom is -0.316 e. The number of aliphatic imine (C=N–C) groups is 1.